The molecule has 0 saturated carbocycles. The van der Waals surface area contributed by atoms with Gasteiger partial charge in [0.15, 0.2) is 0 Å². The van der Waals surface area contributed by atoms with Crippen LogP contribution in [-0.2, 0) is 30.5 Å². The number of aliphatic carboxylic acids is 1. The minimum absolute atomic E-state index is 0.0113. The van der Waals surface area contributed by atoms with Crippen molar-refractivity contribution in [3.05, 3.63) is 83.7 Å². The van der Waals surface area contributed by atoms with Crippen LogP contribution in [0.5, 0.6) is 0 Å². The van der Waals surface area contributed by atoms with Crippen LogP contribution in [0.1, 0.15) is 57.8 Å². The molecule has 51 heavy (non-hydrogen) atoms. The maximum Gasteiger partial charge on any atom is 0.327 e. The van der Waals surface area contributed by atoms with Crippen LogP contribution in [0.3, 0.4) is 0 Å². The van der Waals surface area contributed by atoms with E-state index in [0.717, 1.165) is 40.4 Å². The fourth-order valence-electron chi connectivity index (χ4n) is 6.19. The topological polar surface area (TPSA) is 155 Å². The first kappa shape index (κ1) is 39.2. The third kappa shape index (κ3) is 10.0. The number of likely N-dealkylation sites (tertiary alicyclic amines) is 1. The highest BCUT2D eigenvalue weighted by atomic mass is 32.2. The van der Waals surface area contributed by atoms with Crippen LogP contribution in [0.15, 0.2) is 60.8 Å². The van der Waals surface area contributed by atoms with Crippen molar-refractivity contribution in [1.82, 2.24) is 19.7 Å². The fraction of sp³-hybridized carbons (Fsp3) is 0.432. The van der Waals surface area contributed by atoms with Gasteiger partial charge in [-0.05, 0) is 48.2 Å². The first-order valence-electron chi connectivity index (χ1n) is 16.7. The lowest BCUT2D eigenvalue weighted by Gasteiger charge is -2.41. The van der Waals surface area contributed by atoms with Gasteiger partial charge in [0.2, 0.25) is 23.6 Å². The van der Waals surface area contributed by atoms with Crippen LogP contribution in [0.25, 0.3) is 11.1 Å². The normalized spacial score (nSPS) is 15.9. The van der Waals surface area contributed by atoms with Crippen molar-refractivity contribution < 1.29 is 37.9 Å². The first-order chi connectivity index (χ1) is 24.1. The number of carbonyl (C=O) groups is 5. The number of halogens is 2. The molecule has 3 atom stereocenters. The number of hydrogen-bond donors (Lipinski definition) is 3. The summed E-state index contributed by atoms with van der Waals surface area (Å²) in [5.41, 5.74) is 7.50. The van der Waals surface area contributed by atoms with E-state index in [1.807, 2.05) is 55.7 Å². The number of carbonyl (C=O) groups excluding carboxylic acids is 4. The number of carboxylic acid groups (broad SMARTS) is 1. The summed E-state index contributed by atoms with van der Waals surface area (Å²) in [4.78, 5) is 65.6. The Bertz CT molecular complexity index is 1740. The van der Waals surface area contributed by atoms with E-state index in [2.05, 4.69) is 5.32 Å². The first-order valence-corrected chi connectivity index (χ1v) is 17.9. The van der Waals surface area contributed by atoms with E-state index in [1.165, 1.54) is 0 Å². The number of rotatable bonds is 16. The van der Waals surface area contributed by atoms with Crippen molar-refractivity contribution in [1.29, 1.82) is 0 Å². The Labute approximate surface area is 300 Å². The Morgan fingerprint density at radius 3 is 2.41 bits per heavy atom. The number of amides is 4. The van der Waals surface area contributed by atoms with E-state index >= 15 is 4.39 Å². The van der Waals surface area contributed by atoms with Gasteiger partial charge in [-0.1, -0.05) is 58.0 Å². The van der Waals surface area contributed by atoms with Gasteiger partial charge in [-0.15, -0.1) is 11.8 Å². The molecule has 1 saturated heterocycles. The second-order valence-corrected chi connectivity index (χ2v) is 14.8. The minimum Gasteiger partial charge on any atom is -0.480 e. The molecule has 0 spiro atoms. The molecule has 4 N–H and O–H groups in total. The van der Waals surface area contributed by atoms with Gasteiger partial charge in [-0.2, -0.15) is 0 Å². The highest BCUT2D eigenvalue weighted by molar-refractivity contribution is 8.00. The van der Waals surface area contributed by atoms with Crippen molar-refractivity contribution in [2.75, 3.05) is 31.1 Å². The van der Waals surface area contributed by atoms with Crippen LogP contribution >= 0.6 is 11.8 Å². The van der Waals surface area contributed by atoms with Gasteiger partial charge >= 0.3 is 5.97 Å². The summed E-state index contributed by atoms with van der Waals surface area (Å²) in [5.74, 6) is -5.45. The zero-order valence-electron chi connectivity index (χ0n) is 29.2. The molecule has 0 aliphatic carbocycles. The Balaban J connectivity index is 1.60. The molecule has 3 aromatic rings. The Morgan fingerprint density at radius 2 is 1.80 bits per heavy atom. The van der Waals surface area contributed by atoms with Crippen LogP contribution in [0, 0.1) is 23.0 Å². The highest BCUT2D eigenvalue weighted by Crippen LogP contribution is 2.41. The van der Waals surface area contributed by atoms with Crippen molar-refractivity contribution in [3.63, 3.8) is 0 Å². The lowest BCUT2D eigenvalue weighted by Crippen LogP contribution is -2.48. The summed E-state index contributed by atoms with van der Waals surface area (Å²) < 4.78 is 31.3. The molecule has 1 aliphatic rings. The van der Waals surface area contributed by atoms with E-state index in [-0.39, 0.29) is 35.9 Å². The molecule has 14 heteroatoms. The zero-order chi connectivity index (χ0) is 37.5. The number of nitrogens with one attached hydrogen (secondary N) is 1. The van der Waals surface area contributed by atoms with E-state index in [1.54, 1.807) is 24.1 Å². The average molecular weight is 726 g/mol. The Hall–Kier alpha value is -4.56. The third-order valence-electron chi connectivity index (χ3n) is 8.62. The summed E-state index contributed by atoms with van der Waals surface area (Å²) >= 11 is 1.02. The van der Waals surface area contributed by atoms with E-state index in [4.69, 9.17) is 5.73 Å². The monoisotopic (exact) mass is 725 g/mol. The largest absolute Gasteiger partial charge is 0.480 e. The molecule has 2 aromatic carbocycles. The molecule has 0 bridgehead atoms. The lowest BCUT2D eigenvalue weighted by atomic mass is 9.83. The SMILES string of the molecule is CC1CC(=O)N(CC(=O)N[C@@H](CSCC(=O)N(CCCN)[C@@H](c2cc(-c3cc(F)ccc3F)cn2Cc2ccccc2)C(C)(C)C)C(=O)O)C1=O. The van der Waals surface area contributed by atoms with Crippen molar-refractivity contribution in [2.45, 2.75) is 59.2 Å². The average Bonchev–Trinajstić information content (AvgIpc) is 3.57. The molecule has 2 heterocycles. The highest BCUT2D eigenvalue weighted by Gasteiger charge is 2.38. The quantitative estimate of drug-likeness (QED) is 0.183. The van der Waals surface area contributed by atoms with Gasteiger partial charge in [0.1, 0.15) is 24.2 Å². The molecule has 0 radical (unpaired) electrons. The van der Waals surface area contributed by atoms with Crippen LogP contribution in [0.4, 0.5) is 8.78 Å². The number of carboxylic acids is 1. The Kier molecular flexibility index (Phi) is 13.2. The molecule has 1 aliphatic heterocycles. The van der Waals surface area contributed by atoms with Gasteiger partial charge in [-0.3, -0.25) is 24.1 Å². The van der Waals surface area contributed by atoms with E-state index < -0.39 is 65.3 Å². The number of nitrogens with two attached hydrogens (primary N) is 1. The summed E-state index contributed by atoms with van der Waals surface area (Å²) in [6.07, 6.45) is 2.21. The van der Waals surface area contributed by atoms with Crippen molar-refractivity contribution in [3.8, 4) is 11.1 Å². The number of imide groups is 1. The molecule has 274 valence electrons. The van der Waals surface area contributed by atoms with Gasteiger partial charge in [-0.25, -0.2) is 13.6 Å². The molecule has 1 fully saturated rings. The number of thioether (sulfide) groups is 1. The Morgan fingerprint density at radius 1 is 1.10 bits per heavy atom. The van der Waals surface area contributed by atoms with Crippen molar-refractivity contribution in [2.24, 2.45) is 17.1 Å². The minimum atomic E-state index is -1.39. The van der Waals surface area contributed by atoms with E-state index in [9.17, 15) is 33.5 Å². The van der Waals surface area contributed by atoms with Gasteiger partial charge < -0.3 is 25.6 Å². The molecule has 11 nitrogen and oxygen atoms in total. The van der Waals surface area contributed by atoms with Gasteiger partial charge in [0.25, 0.3) is 0 Å². The summed E-state index contributed by atoms with van der Waals surface area (Å²) in [5, 5.41) is 12.2. The predicted octanol–water partition coefficient (Wildman–Crippen LogP) is 4.44. The number of nitrogens with zero attached hydrogens (tertiary/aromatic N) is 3. The molecule has 4 amide bonds. The summed E-state index contributed by atoms with van der Waals surface area (Å²) in [6.45, 7) is 7.88. The fourth-order valence-corrected chi connectivity index (χ4v) is 7.11. The number of aromatic nitrogens is 1. The van der Waals surface area contributed by atoms with Gasteiger partial charge in [0, 0.05) is 54.2 Å². The lowest BCUT2D eigenvalue weighted by molar-refractivity contribution is -0.144. The van der Waals surface area contributed by atoms with Gasteiger partial charge in [0.05, 0.1) is 11.8 Å². The summed E-state index contributed by atoms with van der Waals surface area (Å²) in [7, 11) is 0. The predicted molar refractivity (Wildman–Crippen MR) is 190 cm³/mol. The second-order valence-electron chi connectivity index (χ2n) is 13.8. The molecular weight excluding hydrogens is 680 g/mol. The number of benzene rings is 2. The standard InChI is InChI=1S/C37H45F2N5O6S/c1-23-15-32(46)44(35(23)48)20-31(45)41-29(36(49)50)21-51-22-33(47)43(14-8-13-40)34(37(2,3)4)30-16-25(27-17-26(38)11-12-28(27)39)19-42(30)18-24-9-6-5-7-10-24/h5-7,9-12,16-17,19,23,29,34H,8,13-15,18,20-22,40H2,1-4H3,(H,41,45)(H,49,50)/t23?,29-,34-/m0/s1. The third-order valence-corrected chi connectivity index (χ3v) is 9.64. The number of hydrogen-bond acceptors (Lipinski definition) is 7. The molecule has 4 rings (SSSR count). The van der Waals surface area contributed by atoms with E-state index in [0.29, 0.717) is 30.8 Å². The molecule has 1 aromatic heterocycles. The maximum atomic E-state index is 15.0. The van der Waals surface area contributed by atoms with Crippen LogP contribution in [-0.4, -0.2) is 86.3 Å². The smallest absolute Gasteiger partial charge is 0.327 e. The zero-order valence-corrected chi connectivity index (χ0v) is 30.1. The summed E-state index contributed by atoms with van der Waals surface area (Å²) in [6, 6.07) is 12.7. The second kappa shape index (κ2) is 17.1. The van der Waals surface area contributed by atoms with Crippen molar-refractivity contribution >= 4 is 41.4 Å². The van der Waals surface area contributed by atoms with Crippen LogP contribution < -0.4 is 11.1 Å². The molecular formula is C37H45F2N5O6S. The van der Waals surface area contributed by atoms with Crippen LogP contribution in [0.2, 0.25) is 0 Å². The maximum absolute atomic E-state index is 15.0. The molecule has 1 unspecified atom stereocenters.